The molecule has 0 aliphatic heterocycles. The van der Waals surface area contributed by atoms with Crippen LogP contribution in [0.25, 0.3) is 0 Å². The van der Waals surface area contributed by atoms with Crippen molar-refractivity contribution in [2.24, 2.45) is 5.73 Å². The number of hydrogen-bond acceptors (Lipinski definition) is 3. The summed E-state index contributed by atoms with van der Waals surface area (Å²) in [6.45, 7) is 2.25. The van der Waals surface area contributed by atoms with E-state index in [1.165, 1.54) is 6.42 Å². The summed E-state index contributed by atoms with van der Waals surface area (Å²) in [6, 6.07) is 0. The summed E-state index contributed by atoms with van der Waals surface area (Å²) in [5.41, 5.74) is 5.90. The number of rotatable bonds is 5. The third-order valence-electron chi connectivity index (χ3n) is 3.25. The average Bonchev–Trinajstić information content (AvgIpc) is 2.17. The molecule has 4 heteroatoms. The Labute approximate surface area is 97.6 Å². The van der Waals surface area contributed by atoms with Gasteiger partial charge in [0.2, 0.25) is 5.91 Å². The molecule has 1 fully saturated rings. The van der Waals surface area contributed by atoms with Gasteiger partial charge in [-0.25, -0.2) is 0 Å². The molecule has 4 N–H and O–H groups in total. The Kier molecular flexibility index (Phi) is 5.22. The molecular weight excluding hydrogens is 204 g/mol. The highest BCUT2D eigenvalue weighted by molar-refractivity contribution is 5.77. The van der Waals surface area contributed by atoms with Crippen LogP contribution in [0.5, 0.6) is 0 Å². The Bertz CT molecular complexity index is 223. The van der Waals surface area contributed by atoms with Crippen LogP contribution in [0.4, 0.5) is 0 Å². The lowest BCUT2D eigenvalue weighted by atomic mass is 9.80. The molecule has 1 rings (SSSR count). The van der Waals surface area contributed by atoms with E-state index in [4.69, 9.17) is 10.8 Å². The van der Waals surface area contributed by atoms with E-state index in [2.05, 4.69) is 5.32 Å². The summed E-state index contributed by atoms with van der Waals surface area (Å²) in [5.74, 6) is 0.0186. The number of carbonyl (C=O) groups excluding carboxylic acids is 1. The van der Waals surface area contributed by atoms with E-state index < -0.39 is 0 Å². The Morgan fingerprint density at radius 3 is 2.62 bits per heavy atom. The van der Waals surface area contributed by atoms with Gasteiger partial charge in [0, 0.05) is 18.5 Å². The fraction of sp³-hybridized carbons (Fsp3) is 0.917. The molecule has 0 aromatic rings. The van der Waals surface area contributed by atoms with Crippen LogP contribution in [0.15, 0.2) is 0 Å². The third kappa shape index (κ3) is 4.94. The summed E-state index contributed by atoms with van der Waals surface area (Å²) >= 11 is 0. The third-order valence-corrected chi connectivity index (χ3v) is 3.25. The van der Waals surface area contributed by atoms with Gasteiger partial charge < -0.3 is 16.2 Å². The predicted molar refractivity (Wildman–Crippen MR) is 63.9 cm³/mol. The van der Waals surface area contributed by atoms with E-state index >= 15 is 0 Å². The van der Waals surface area contributed by atoms with Crippen LogP contribution < -0.4 is 11.1 Å². The minimum absolute atomic E-state index is 0.0186. The highest BCUT2D eigenvalue weighted by atomic mass is 16.3. The van der Waals surface area contributed by atoms with Crippen LogP contribution in [0.2, 0.25) is 0 Å². The lowest BCUT2D eigenvalue weighted by molar-refractivity contribution is -0.122. The van der Waals surface area contributed by atoms with Crippen molar-refractivity contribution in [3.8, 4) is 0 Å². The van der Waals surface area contributed by atoms with Crippen LogP contribution in [-0.4, -0.2) is 29.2 Å². The largest absolute Gasteiger partial charge is 0.393 e. The molecule has 0 radical (unpaired) electrons. The van der Waals surface area contributed by atoms with E-state index in [-0.39, 0.29) is 17.6 Å². The highest BCUT2D eigenvalue weighted by Crippen LogP contribution is 2.28. The number of aliphatic hydroxyl groups excluding tert-OH is 1. The standard InChI is InChI=1S/C12H24N2O2/c1-10(15)5-8-14-11(16)9-12(13)6-3-2-4-7-12/h10,15H,2-9,13H2,1H3,(H,14,16). The Morgan fingerprint density at radius 1 is 1.44 bits per heavy atom. The van der Waals surface area contributed by atoms with Crippen LogP contribution in [0, 0.1) is 0 Å². The summed E-state index contributed by atoms with van der Waals surface area (Å²) in [6.07, 6.45) is 6.09. The quantitative estimate of drug-likeness (QED) is 0.655. The molecule has 1 unspecified atom stereocenters. The SMILES string of the molecule is CC(O)CCNC(=O)CC1(N)CCCCC1. The lowest BCUT2D eigenvalue weighted by Gasteiger charge is -2.32. The molecule has 0 aromatic heterocycles. The fourth-order valence-electron chi connectivity index (χ4n) is 2.24. The lowest BCUT2D eigenvalue weighted by Crippen LogP contribution is -2.46. The van der Waals surface area contributed by atoms with Crippen molar-refractivity contribution in [2.75, 3.05) is 6.54 Å². The Hall–Kier alpha value is -0.610. The van der Waals surface area contributed by atoms with E-state index in [0.717, 1.165) is 25.7 Å². The molecule has 0 spiro atoms. The van der Waals surface area contributed by atoms with Crippen molar-refractivity contribution in [3.05, 3.63) is 0 Å². The van der Waals surface area contributed by atoms with Gasteiger partial charge in [-0.2, -0.15) is 0 Å². The van der Waals surface area contributed by atoms with E-state index in [9.17, 15) is 4.79 Å². The average molecular weight is 228 g/mol. The monoisotopic (exact) mass is 228 g/mol. The van der Waals surface area contributed by atoms with Crippen LogP contribution >= 0.6 is 0 Å². The number of nitrogens with two attached hydrogens (primary N) is 1. The van der Waals surface area contributed by atoms with Crippen LogP contribution in [-0.2, 0) is 4.79 Å². The number of carbonyl (C=O) groups is 1. The van der Waals surface area contributed by atoms with Gasteiger partial charge in [-0.1, -0.05) is 19.3 Å². The van der Waals surface area contributed by atoms with Crippen molar-refractivity contribution < 1.29 is 9.90 Å². The first-order valence-corrected chi connectivity index (χ1v) is 6.25. The number of amides is 1. The first-order chi connectivity index (χ1) is 7.52. The van der Waals surface area contributed by atoms with Crippen molar-refractivity contribution in [3.63, 3.8) is 0 Å². The van der Waals surface area contributed by atoms with Crippen molar-refractivity contribution >= 4 is 5.91 Å². The van der Waals surface area contributed by atoms with Gasteiger partial charge in [-0.15, -0.1) is 0 Å². The number of nitrogens with one attached hydrogen (secondary N) is 1. The molecule has 0 bridgehead atoms. The molecule has 16 heavy (non-hydrogen) atoms. The summed E-state index contributed by atoms with van der Waals surface area (Å²) < 4.78 is 0. The van der Waals surface area contributed by atoms with Crippen LogP contribution in [0.1, 0.15) is 51.9 Å². The van der Waals surface area contributed by atoms with E-state index in [1.807, 2.05) is 0 Å². The molecule has 1 amide bonds. The van der Waals surface area contributed by atoms with E-state index in [0.29, 0.717) is 19.4 Å². The van der Waals surface area contributed by atoms with Gasteiger partial charge in [0.05, 0.1) is 6.10 Å². The second-order valence-electron chi connectivity index (χ2n) is 5.09. The zero-order valence-electron chi connectivity index (χ0n) is 10.2. The summed E-state index contributed by atoms with van der Waals surface area (Å²) in [5, 5.41) is 11.9. The van der Waals surface area contributed by atoms with Gasteiger partial charge in [0.1, 0.15) is 0 Å². The maximum absolute atomic E-state index is 11.6. The second-order valence-corrected chi connectivity index (χ2v) is 5.09. The molecule has 1 aliphatic carbocycles. The molecule has 1 aliphatic rings. The topological polar surface area (TPSA) is 75.3 Å². The molecule has 94 valence electrons. The molecule has 4 nitrogen and oxygen atoms in total. The smallest absolute Gasteiger partial charge is 0.221 e. The fourth-order valence-corrected chi connectivity index (χ4v) is 2.24. The molecule has 0 heterocycles. The molecule has 1 saturated carbocycles. The van der Waals surface area contributed by atoms with Gasteiger partial charge in [0.25, 0.3) is 0 Å². The van der Waals surface area contributed by atoms with Crippen molar-refractivity contribution in [1.82, 2.24) is 5.32 Å². The number of hydrogen-bond donors (Lipinski definition) is 3. The number of aliphatic hydroxyl groups is 1. The molecular formula is C12H24N2O2. The minimum atomic E-state index is -0.359. The zero-order valence-corrected chi connectivity index (χ0v) is 10.2. The zero-order chi connectivity index (χ0) is 12.0. The maximum atomic E-state index is 11.6. The van der Waals surface area contributed by atoms with Gasteiger partial charge in [-0.05, 0) is 26.2 Å². The Morgan fingerprint density at radius 2 is 2.06 bits per heavy atom. The molecule has 0 aromatic carbocycles. The summed E-state index contributed by atoms with van der Waals surface area (Å²) in [4.78, 5) is 11.6. The second kappa shape index (κ2) is 6.21. The van der Waals surface area contributed by atoms with Crippen molar-refractivity contribution in [2.45, 2.75) is 63.5 Å². The molecule has 0 saturated heterocycles. The first kappa shape index (κ1) is 13.5. The van der Waals surface area contributed by atoms with Crippen molar-refractivity contribution in [1.29, 1.82) is 0 Å². The van der Waals surface area contributed by atoms with Gasteiger partial charge >= 0.3 is 0 Å². The van der Waals surface area contributed by atoms with Crippen LogP contribution in [0.3, 0.4) is 0 Å². The van der Waals surface area contributed by atoms with Gasteiger partial charge in [0.15, 0.2) is 0 Å². The first-order valence-electron chi connectivity index (χ1n) is 6.25. The highest BCUT2D eigenvalue weighted by Gasteiger charge is 2.29. The Balaban J connectivity index is 2.22. The maximum Gasteiger partial charge on any atom is 0.221 e. The summed E-state index contributed by atoms with van der Waals surface area (Å²) in [7, 11) is 0. The molecule has 1 atom stereocenters. The normalized spacial score (nSPS) is 21.4. The minimum Gasteiger partial charge on any atom is -0.393 e. The van der Waals surface area contributed by atoms with Gasteiger partial charge in [-0.3, -0.25) is 4.79 Å². The predicted octanol–water partition coefficient (Wildman–Crippen LogP) is 0.925. The van der Waals surface area contributed by atoms with E-state index in [1.54, 1.807) is 6.92 Å².